The van der Waals surface area contributed by atoms with E-state index in [1.807, 2.05) is 12.1 Å². The van der Waals surface area contributed by atoms with Crippen molar-refractivity contribution in [2.75, 3.05) is 20.8 Å². The SMILES string of the molecule is CNS(=O)(=O)c1ccccc1CC(Br)COC. The van der Waals surface area contributed by atoms with Crippen molar-refractivity contribution in [1.82, 2.24) is 4.72 Å². The third-order valence-electron chi connectivity index (χ3n) is 2.32. The number of hydrogen-bond acceptors (Lipinski definition) is 3. The highest BCUT2D eigenvalue weighted by Crippen LogP contribution is 2.19. The molecular weight excluding hydrogens is 306 g/mol. The zero-order chi connectivity index (χ0) is 12.9. The summed E-state index contributed by atoms with van der Waals surface area (Å²) in [5.41, 5.74) is 0.778. The van der Waals surface area contributed by atoms with Crippen molar-refractivity contribution in [2.24, 2.45) is 0 Å². The number of nitrogens with one attached hydrogen (secondary N) is 1. The van der Waals surface area contributed by atoms with Crippen LogP contribution < -0.4 is 4.72 Å². The largest absolute Gasteiger partial charge is 0.384 e. The van der Waals surface area contributed by atoms with Crippen molar-refractivity contribution >= 4 is 26.0 Å². The summed E-state index contributed by atoms with van der Waals surface area (Å²) < 4.78 is 31.0. The molecule has 0 aliphatic carbocycles. The summed E-state index contributed by atoms with van der Waals surface area (Å²) in [4.78, 5) is 0.420. The van der Waals surface area contributed by atoms with E-state index in [1.165, 1.54) is 7.05 Å². The molecule has 1 rings (SSSR count). The Hall–Kier alpha value is -0.430. The summed E-state index contributed by atoms with van der Waals surface area (Å²) >= 11 is 3.46. The number of halogens is 1. The zero-order valence-electron chi connectivity index (χ0n) is 9.81. The van der Waals surface area contributed by atoms with Crippen molar-refractivity contribution in [2.45, 2.75) is 16.1 Å². The molecule has 0 fully saturated rings. The Kier molecular flexibility index (Phi) is 5.58. The second kappa shape index (κ2) is 6.49. The summed E-state index contributed by atoms with van der Waals surface area (Å²) in [7, 11) is -0.376. The molecule has 0 amide bonds. The molecule has 4 nitrogen and oxygen atoms in total. The van der Waals surface area contributed by atoms with Gasteiger partial charge in [-0.1, -0.05) is 34.1 Å². The van der Waals surface area contributed by atoms with Gasteiger partial charge in [0.15, 0.2) is 0 Å². The molecule has 0 saturated heterocycles. The van der Waals surface area contributed by atoms with E-state index >= 15 is 0 Å². The Morgan fingerprint density at radius 3 is 2.65 bits per heavy atom. The molecule has 0 aliphatic rings. The lowest BCUT2D eigenvalue weighted by Gasteiger charge is -2.12. The summed E-state index contributed by atoms with van der Waals surface area (Å²) in [5.74, 6) is 0. The van der Waals surface area contributed by atoms with Gasteiger partial charge >= 0.3 is 0 Å². The second-order valence-electron chi connectivity index (χ2n) is 3.57. The highest BCUT2D eigenvalue weighted by atomic mass is 79.9. The van der Waals surface area contributed by atoms with Gasteiger partial charge in [-0.25, -0.2) is 13.1 Å². The van der Waals surface area contributed by atoms with Gasteiger partial charge in [0.1, 0.15) is 0 Å². The Labute approximate surface area is 111 Å². The first kappa shape index (κ1) is 14.6. The van der Waals surface area contributed by atoms with Gasteiger partial charge in [-0.2, -0.15) is 0 Å². The summed E-state index contributed by atoms with van der Waals surface area (Å²) in [5, 5.41) is 0. The van der Waals surface area contributed by atoms with Crippen LogP contribution in [0.4, 0.5) is 0 Å². The van der Waals surface area contributed by atoms with Crippen LogP contribution in [-0.4, -0.2) is 34.0 Å². The van der Waals surface area contributed by atoms with Gasteiger partial charge in [-0.05, 0) is 25.1 Å². The number of alkyl halides is 1. The van der Waals surface area contributed by atoms with Crippen LogP contribution >= 0.6 is 15.9 Å². The molecule has 0 heterocycles. The van der Waals surface area contributed by atoms with Crippen LogP contribution in [0.2, 0.25) is 0 Å². The molecule has 0 aromatic heterocycles. The van der Waals surface area contributed by atoms with E-state index in [4.69, 9.17) is 4.74 Å². The molecule has 17 heavy (non-hydrogen) atoms. The summed E-state index contributed by atoms with van der Waals surface area (Å²) in [6.45, 7) is 0.536. The van der Waals surface area contributed by atoms with E-state index in [1.54, 1.807) is 19.2 Å². The lowest BCUT2D eigenvalue weighted by molar-refractivity contribution is 0.200. The van der Waals surface area contributed by atoms with E-state index in [2.05, 4.69) is 20.7 Å². The van der Waals surface area contributed by atoms with Crippen molar-refractivity contribution in [3.05, 3.63) is 29.8 Å². The molecule has 96 valence electrons. The Bertz CT molecular complexity index is 462. The molecule has 1 atom stereocenters. The van der Waals surface area contributed by atoms with Gasteiger partial charge in [0.25, 0.3) is 0 Å². The van der Waals surface area contributed by atoms with Gasteiger partial charge < -0.3 is 4.74 Å². The lowest BCUT2D eigenvalue weighted by atomic mass is 10.1. The number of hydrogen-bond donors (Lipinski definition) is 1. The normalized spacial score (nSPS) is 13.6. The predicted molar refractivity (Wildman–Crippen MR) is 71.0 cm³/mol. The number of rotatable bonds is 6. The fourth-order valence-electron chi connectivity index (χ4n) is 1.52. The monoisotopic (exact) mass is 321 g/mol. The molecule has 0 spiro atoms. The van der Waals surface area contributed by atoms with E-state index < -0.39 is 10.0 Å². The number of ether oxygens (including phenoxy) is 1. The minimum Gasteiger partial charge on any atom is -0.384 e. The van der Waals surface area contributed by atoms with E-state index in [0.717, 1.165) is 5.56 Å². The first-order chi connectivity index (χ1) is 8.01. The quantitative estimate of drug-likeness (QED) is 0.809. The molecular formula is C11H16BrNO3S. The van der Waals surface area contributed by atoms with Crippen LogP contribution in [0.3, 0.4) is 0 Å². The van der Waals surface area contributed by atoms with Crippen LogP contribution in [0.15, 0.2) is 29.2 Å². The van der Waals surface area contributed by atoms with Crippen molar-refractivity contribution < 1.29 is 13.2 Å². The maximum atomic E-state index is 11.8. The van der Waals surface area contributed by atoms with Crippen molar-refractivity contribution in [3.8, 4) is 0 Å². The average Bonchev–Trinajstić information content (AvgIpc) is 2.30. The Morgan fingerprint density at radius 2 is 2.06 bits per heavy atom. The highest BCUT2D eigenvalue weighted by molar-refractivity contribution is 9.09. The summed E-state index contributed by atoms with van der Waals surface area (Å²) in [6, 6.07) is 6.96. The van der Waals surface area contributed by atoms with E-state index in [0.29, 0.717) is 17.9 Å². The molecule has 1 aromatic rings. The van der Waals surface area contributed by atoms with Crippen LogP contribution in [0.25, 0.3) is 0 Å². The van der Waals surface area contributed by atoms with Gasteiger partial charge in [0.2, 0.25) is 10.0 Å². The lowest BCUT2D eigenvalue weighted by Crippen LogP contribution is -2.21. The van der Waals surface area contributed by atoms with Crippen molar-refractivity contribution in [3.63, 3.8) is 0 Å². The maximum Gasteiger partial charge on any atom is 0.240 e. The molecule has 0 aliphatic heterocycles. The first-order valence-corrected chi connectivity index (χ1v) is 7.55. The third kappa shape index (κ3) is 4.06. The molecule has 6 heteroatoms. The van der Waals surface area contributed by atoms with Gasteiger partial charge in [0.05, 0.1) is 11.5 Å². The topological polar surface area (TPSA) is 55.4 Å². The average molecular weight is 322 g/mol. The molecule has 1 N–H and O–H groups in total. The smallest absolute Gasteiger partial charge is 0.240 e. The zero-order valence-corrected chi connectivity index (χ0v) is 12.2. The number of sulfonamides is 1. The molecule has 0 saturated carbocycles. The second-order valence-corrected chi connectivity index (χ2v) is 6.72. The Morgan fingerprint density at radius 1 is 1.41 bits per heavy atom. The molecule has 1 unspecified atom stereocenters. The minimum atomic E-state index is -3.40. The van der Waals surface area contributed by atoms with Crippen LogP contribution in [-0.2, 0) is 21.2 Å². The third-order valence-corrected chi connectivity index (χ3v) is 4.42. The minimum absolute atomic E-state index is 0.0979. The molecule has 0 radical (unpaired) electrons. The molecule has 0 bridgehead atoms. The maximum absolute atomic E-state index is 11.8. The first-order valence-electron chi connectivity index (χ1n) is 5.15. The summed E-state index contributed by atoms with van der Waals surface area (Å²) in [6.07, 6.45) is 0.602. The van der Waals surface area contributed by atoms with Crippen LogP contribution in [0.1, 0.15) is 5.56 Å². The molecule has 1 aromatic carbocycles. The van der Waals surface area contributed by atoms with E-state index in [-0.39, 0.29) is 4.83 Å². The van der Waals surface area contributed by atoms with Gasteiger partial charge in [-0.15, -0.1) is 0 Å². The van der Waals surface area contributed by atoms with Crippen LogP contribution in [0.5, 0.6) is 0 Å². The van der Waals surface area contributed by atoms with Crippen LogP contribution in [0, 0.1) is 0 Å². The standard InChI is InChI=1S/C11H16BrNO3S/c1-13-17(14,15)11-6-4-3-5-9(11)7-10(12)8-16-2/h3-6,10,13H,7-8H2,1-2H3. The fourth-order valence-corrected chi connectivity index (χ4v) is 3.11. The van der Waals surface area contributed by atoms with Gasteiger partial charge in [0, 0.05) is 11.9 Å². The number of benzene rings is 1. The highest BCUT2D eigenvalue weighted by Gasteiger charge is 2.17. The van der Waals surface area contributed by atoms with E-state index in [9.17, 15) is 8.42 Å². The number of methoxy groups -OCH3 is 1. The van der Waals surface area contributed by atoms with Crippen molar-refractivity contribution in [1.29, 1.82) is 0 Å². The van der Waals surface area contributed by atoms with Gasteiger partial charge in [-0.3, -0.25) is 0 Å². The fraction of sp³-hybridized carbons (Fsp3) is 0.455. The Balaban J connectivity index is 3.01. The predicted octanol–water partition coefficient (Wildman–Crippen LogP) is 1.55.